The van der Waals surface area contributed by atoms with Crippen molar-refractivity contribution in [2.75, 3.05) is 26.9 Å². The molecule has 1 aliphatic rings. The van der Waals surface area contributed by atoms with E-state index >= 15 is 0 Å². The molecule has 0 saturated heterocycles. The van der Waals surface area contributed by atoms with Gasteiger partial charge in [-0.3, -0.25) is 4.79 Å². The molecule has 0 amide bonds. The quantitative estimate of drug-likeness (QED) is 0.319. The molecule has 166 valence electrons. The smallest absolute Gasteiger partial charge is 0.330 e. The van der Waals surface area contributed by atoms with E-state index in [1.807, 2.05) is 0 Å². The third-order valence-corrected chi connectivity index (χ3v) is 4.43. The van der Waals surface area contributed by atoms with Crippen molar-refractivity contribution in [1.82, 2.24) is 0 Å². The predicted molar refractivity (Wildman–Crippen MR) is 104 cm³/mol. The topological polar surface area (TPSA) is 54.0 Å². The van der Waals surface area contributed by atoms with Gasteiger partial charge in [0.05, 0.1) is 13.7 Å². The Bertz CT molecular complexity index is 959. The number of hydrogen-bond acceptors (Lipinski definition) is 5. The van der Waals surface area contributed by atoms with Crippen molar-refractivity contribution in [3.8, 4) is 17.2 Å². The number of rotatable bonds is 9. The first-order valence-corrected chi connectivity index (χ1v) is 9.33. The standard InChI is InChI=1S/C22H20F4O5/c1-28-18-6-3-14(10-16(18)12-29-13-22(25,26)21(23)24)2-5-17(27)15-4-7-19-20(11-15)31-9-8-30-19/h2-7,10-11,21H,8-9,12-13H2,1H3/b5-2+. The number of methoxy groups -OCH3 is 1. The summed E-state index contributed by atoms with van der Waals surface area (Å²) in [7, 11) is 1.38. The fourth-order valence-corrected chi connectivity index (χ4v) is 2.84. The summed E-state index contributed by atoms with van der Waals surface area (Å²) in [5.41, 5.74) is 1.36. The van der Waals surface area contributed by atoms with Crippen LogP contribution in [0, 0.1) is 0 Å². The predicted octanol–water partition coefficient (Wildman–Crippen LogP) is 4.78. The number of alkyl halides is 4. The summed E-state index contributed by atoms with van der Waals surface area (Å²) >= 11 is 0. The molecule has 0 spiro atoms. The van der Waals surface area contributed by atoms with Crippen LogP contribution in [-0.2, 0) is 11.3 Å². The molecule has 0 atom stereocenters. The van der Waals surface area contributed by atoms with Gasteiger partial charge in [-0.05, 0) is 42.0 Å². The molecular weight excluding hydrogens is 420 g/mol. The average molecular weight is 440 g/mol. The largest absolute Gasteiger partial charge is 0.496 e. The van der Waals surface area contributed by atoms with E-state index in [4.69, 9.17) is 18.9 Å². The van der Waals surface area contributed by atoms with Crippen molar-refractivity contribution in [3.63, 3.8) is 0 Å². The number of benzene rings is 2. The first-order chi connectivity index (χ1) is 14.8. The summed E-state index contributed by atoms with van der Waals surface area (Å²) in [5.74, 6) is -3.10. The summed E-state index contributed by atoms with van der Waals surface area (Å²) in [6, 6.07) is 9.66. The van der Waals surface area contributed by atoms with E-state index in [0.29, 0.717) is 47.2 Å². The highest BCUT2D eigenvalue weighted by molar-refractivity contribution is 6.07. The Morgan fingerprint density at radius 2 is 1.87 bits per heavy atom. The SMILES string of the molecule is COc1ccc(/C=C/C(=O)c2ccc3c(c2)OCCO3)cc1COCC(F)(F)C(F)F. The van der Waals surface area contributed by atoms with E-state index in [0.717, 1.165) is 0 Å². The van der Waals surface area contributed by atoms with E-state index in [1.54, 1.807) is 36.4 Å². The fraction of sp³-hybridized carbons (Fsp3) is 0.318. The van der Waals surface area contributed by atoms with Crippen LogP contribution in [0.1, 0.15) is 21.5 Å². The van der Waals surface area contributed by atoms with Gasteiger partial charge in [0.25, 0.3) is 0 Å². The average Bonchev–Trinajstić information content (AvgIpc) is 2.77. The minimum absolute atomic E-state index is 0.276. The zero-order valence-corrected chi connectivity index (χ0v) is 16.6. The van der Waals surface area contributed by atoms with Gasteiger partial charge in [-0.15, -0.1) is 0 Å². The summed E-state index contributed by atoms with van der Waals surface area (Å²) in [6.45, 7) is -0.927. The highest BCUT2D eigenvalue weighted by Gasteiger charge is 2.41. The monoisotopic (exact) mass is 440 g/mol. The molecule has 31 heavy (non-hydrogen) atoms. The number of ether oxygens (including phenoxy) is 4. The van der Waals surface area contributed by atoms with Crippen LogP contribution in [0.25, 0.3) is 6.08 Å². The summed E-state index contributed by atoms with van der Waals surface area (Å²) in [4.78, 5) is 12.5. The van der Waals surface area contributed by atoms with E-state index in [1.165, 1.54) is 19.3 Å². The minimum Gasteiger partial charge on any atom is -0.496 e. The van der Waals surface area contributed by atoms with Crippen LogP contribution in [-0.4, -0.2) is 45.1 Å². The number of hydrogen-bond donors (Lipinski definition) is 0. The fourth-order valence-electron chi connectivity index (χ4n) is 2.84. The molecule has 2 aromatic rings. The Hall–Kier alpha value is -3.07. The van der Waals surface area contributed by atoms with Gasteiger partial charge >= 0.3 is 12.3 Å². The van der Waals surface area contributed by atoms with E-state index in [-0.39, 0.29) is 12.4 Å². The lowest BCUT2D eigenvalue weighted by molar-refractivity contribution is -0.168. The first-order valence-electron chi connectivity index (χ1n) is 9.33. The van der Waals surface area contributed by atoms with Crippen LogP contribution < -0.4 is 14.2 Å². The van der Waals surface area contributed by atoms with Crippen molar-refractivity contribution < 1.29 is 41.3 Å². The number of fused-ring (bicyclic) bond motifs is 1. The van der Waals surface area contributed by atoms with Gasteiger partial charge in [0.15, 0.2) is 17.3 Å². The maximum atomic E-state index is 13.0. The van der Waals surface area contributed by atoms with Crippen molar-refractivity contribution in [2.24, 2.45) is 0 Å². The molecule has 0 aliphatic carbocycles. The molecule has 1 aliphatic heterocycles. The van der Waals surface area contributed by atoms with Gasteiger partial charge < -0.3 is 18.9 Å². The number of ketones is 1. The van der Waals surface area contributed by atoms with Gasteiger partial charge in [-0.25, -0.2) is 8.78 Å². The maximum absolute atomic E-state index is 13.0. The summed E-state index contributed by atoms with van der Waals surface area (Å²) in [5, 5.41) is 0. The third kappa shape index (κ3) is 5.75. The Kier molecular flexibility index (Phi) is 7.17. The normalized spacial score (nSPS) is 13.6. The molecule has 5 nitrogen and oxygen atoms in total. The first kappa shape index (κ1) is 22.6. The molecule has 0 fully saturated rings. The second-order valence-corrected chi connectivity index (χ2v) is 6.68. The summed E-state index contributed by atoms with van der Waals surface area (Å²) < 4.78 is 71.3. The van der Waals surface area contributed by atoms with E-state index in [9.17, 15) is 22.4 Å². The number of halogens is 4. The molecule has 0 radical (unpaired) electrons. The second kappa shape index (κ2) is 9.82. The maximum Gasteiger partial charge on any atom is 0.330 e. The molecule has 9 heteroatoms. The molecule has 1 heterocycles. The molecule has 0 N–H and O–H groups in total. The Labute approximate surface area is 176 Å². The van der Waals surface area contributed by atoms with Crippen LogP contribution in [0.5, 0.6) is 17.2 Å². The lowest BCUT2D eigenvalue weighted by Gasteiger charge is -2.18. The van der Waals surface area contributed by atoms with Gasteiger partial charge in [0.2, 0.25) is 0 Å². The molecule has 0 aromatic heterocycles. The second-order valence-electron chi connectivity index (χ2n) is 6.68. The molecule has 0 unspecified atom stereocenters. The van der Waals surface area contributed by atoms with Gasteiger partial charge in [-0.1, -0.05) is 12.1 Å². The van der Waals surface area contributed by atoms with Crippen molar-refractivity contribution >= 4 is 11.9 Å². The lowest BCUT2D eigenvalue weighted by Crippen LogP contribution is -2.32. The molecule has 2 aromatic carbocycles. The van der Waals surface area contributed by atoms with Gasteiger partial charge in [-0.2, -0.15) is 8.78 Å². The Balaban J connectivity index is 1.69. The third-order valence-electron chi connectivity index (χ3n) is 4.43. The van der Waals surface area contributed by atoms with Crippen LogP contribution in [0.4, 0.5) is 17.6 Å². The van der Waals surface area contributed by atoms with Gasteiger partial charge in [0.1, 0.15) is 25.6 Å². The number of carbonyl (C=O) groups is 1. The number of carbonyl (C=O) groups excluding carboxylic acids is 1. The van der Waals surface area contributed by atoms with Crippen LogP contribution >= 0.6 is 0 Å². The Morgan fingerprint density at radius 1 is 1.13 bits per heavy atom. The van der Waals surface area contributed by atoms with Gasteiger partial charge in [0, 0.05) is 11.1 Å². The van der Waals surface area contributed by atoms with Crippen LogP contribution in [0.15, 0.2) is 42.5 Å². The molecule has 3 rings (SSSR count). The van der Waals surface area contributed by atoms with E-state index in [2.05, 4.69) is 0 Å². The zero-order valence-electron chi connectivity index (χ0n) is 16.6. The molecule has 0 bridgehead atoms. The molecular formula is C22H20F4O5. The van der Waals surface area contributed by atoms with Crippen molar-refractivity contribution in [3.05, 3.63) is 59.2 Å². The zero-order chi connectivity index (χ0) is 22.4. The Morgan fingerprint density at radius 3 is 2.58 bits per heavy atom. The summed E-state index contributed by atoms with van der Waals surface area (Å²) in [6.07, 6.45) is -0.922. The van der Waals surface area contributed by atoms with Crippen LogP contribution in [0.3, 0.4) is 0 Å². The number of allylic oxidation sites excluding steroid dienone is 1. The highest BCUT2D eigenvalue weighted by atomic mass is 19.3. The minimum atomic E-state index is -4.24. The molecule has 0 saturated carbocycles. The highest BCUT2D eigenvalue weighted by Crippen LogP contribution is 2.31. The van der Waals surface area contributed by atoms with Crippen molar-refractivity contribution in [1.29, 1.82) is 0 Å². The van der Waals surface area contributed by atoms with Crippen molar-refractivity contribution in [2.45, 2.75) is 19.0 Å². The van der Waals surface area contributed by atoms with E-state index < -0.39 is 19.0 Å². The lowest BCUT2D eigenvalue weighted by atomic mass is 10.1. The van der Waals surface area contributed by atoms with Crippen LogP contribution in [0.2, 0.25) is 0 Å².